The average Bonchev–Trinajstić information content (AvgIpc) is 3.31. The summed E-state index contributed by atoms with van der Waals surface area (Å²) in [5.74, 6) is -0.184. The Morgan fingerprint density at radius 1 is 1.09 bits per heavy atom. The van der Waals surface area contributed by atoms with E-state index in [0.717, 1.165) is 26.9 Å². The number of hydrazone groups is 1. The lowest BCUT2D eigenvalue weighted by Gasteiger charge is -2.45. The lowest BCUT2D eigenvalue weighted by atomic mass is 9.89. The quantitative estimate of drug-likeness (QED) is 0.426. The predicted molar refractivity (Wildman–Crippen MR) is 134 cm³/mol. The molecule has 0 saturated carbocycles. The molecule has 6 rings (SSSR count). The van der Waals surface area contributed by atoms with Crippen molar-refractivity contribution in [3.63, 3.8) is 0 Å². The summed E-state index contributed by atoms with van der Waals surface area (Å²) in [5.41, 5.74) is 3.89. The van der Waals surface area contributed by atoms with Crippen LogP contribution in [0, 0.1) is 6.92 Å². The summed E-state index contributed by atoms with van der Waals surface area (Å²) in [7, 11) is 0. The molecule has 35 heavy (non-hydrogen) atoms. The topological polar surface area (TPSA) is 68.2 Å². The van der Waals surface area contributed by atoms with Crippen molar-refractivity contribution in [3.8, 4) is 5.75 Å². The van der Waals surface area contributed by atoms with E-state index in [0.29, 0.717) is 24.2 Å². The van der Waals surface area contributed by atoms with Gasteiger partial charge in [0.25, 0.3) is 5.72 Å². The second-order valence-corrected chi connectivity index (χ2v) is 10.3. The lowest BCUT2D eigenvalue weighted by Crippen LogP contribution is -2.61. The number of cyclic esters (lactones) is 1. The van der Waals surface area contributed by atoms with Gasteiger partial charge in [0.2, 0.25) is 5.78 Å². The minimum atomic E-state index is -1.44. The Bertz CT molecular complexity index is 1400. The van der Waals surface area contributed by atoms with Crippen molar-refractivity contribution in [1.82, 2.24) is 5.01 Å². The fourth-order valence-corrected chi connectivity index (χ4v) is 5.52. The van der Waals surface area contributed by atoms with Gasteiger partial charge in [0.1, 0.15) is 5.75 Å². The van der Waals surface area contributed by atoms with Crippen LogP contribution < -0.4 is 4.74 Å². The molecule has 3 atom stereocenters. The zero-order valence-electron chi connectivity index (χ0n) is 19.3. The molecule has 0 bridgehead atoms. The number of halogens is 1. The van der Waals surface area contributed by atoms with Gasteiger partial charge in [-0.15, -0.1) is 0 Å². The first kappa shape index (κ1) is 22.0. The number of carbonyl (C=O) groups is 2. The van der Waals surface area contributed by atoms with Gasteiger partial charge in [-0.05, 0) is 42.3 Å². The van der Waals surface area contributed by atoms with Crippen molar-refractivity contribution in [3.05, 3.63) is 99.0 Å². The van der Waals surface area contributed by atoms with Crippen molar-refractivity contribution >= 4 is 33.4 Å². The van der Waals surface area contributed by atoms with E-state index < -0.39 is 17.8 Å². The van der Waals surface area contributed by atoms with E-state index in [1.165, 1.54) is 5.56 Å². The average molecular weight is 531 g/mol. The number of carbonyl (C=O) groups excluding carboxylic acids is 2. The van der Waals surface area contributed by atoms with Gasteiger partial charge in [0, 0.05) is 29.8 Å². The first-order chi connectivity index (χ1) is 16.8. The van der Waals surface area contributed by atoms with E-state index in [9.17, 15) is 9.59 Å². The zero-order valence-corrected chi connectivity index (χ0v) is 20.9. The van der Waals surface area contributed by atoms with Crippen LogP contribution in [-0.2, 0) is 16.0 Å². The molecule has 7 heteroatoms. The third-order valence-corrected chi connectivity index (χ3v) is 7.51. The Balaban J connectivity index is 1.41. The molecule has 3 aromatic rings. The van der Waals surface area contributed by atoms with E-state index in [-0.39, 0.29) is 11.8 Å². The van der Waals surface area contributed by atoms with Crippen molar-refractivity contribution in [2.75, 3.05) is 0 Å². The molecule has 0 amide bonds. The Labute approximate surface area is 211 Å². The Kier molecular flexibility index (Phi) is 5.07. The minimum Gasteiger partial charge on any atom is -0.459 e. The van der Waals surface area contributed by atoms with E-state index in [4.69, 9.17) is 14.6 Å². The van der Waals surface area contributed by atoms with Gasteiger partial charge in [0.15, 0.2) is 6.10 Å². The molecule has 0 spiro atoms. The van der Waals surface area contributed by atoms with Gasteiger partial charge >= 0.3 is 5.97 Å². The van der Waals surface area contributed by atoms with Crippen LogP contribution in [0.25, 0.3) is 0 Å². The van der Waals surface area contributed by atoms with Gasteiger partial charge in [-0.3, -0.25) is 4.79 Å². The summed E-state index contributed by atoms with van der Waals surface area (Å²) in [6.07, 6.45) is -0.0231. The van der Waals surface area contributed by atoms with Crippen LogP contribution in [0.1, 0.15) is 52.0 Å². The summed E-state index contributed by atoms with van der Waals surface area (Å²) in [5, 5.41) is 6.68. The Hall–Kier alpha value is -3.45. The number of rotatable bonds is 3. The molecular weight excluding hydrogens is 508 g/mol. The molecule has 0 fully saturated rings. The second-order valence-electron chi connectivity index (χ2n) is 9.36. The van der Waals surface area contributed by atoms with Crippen LogP contribution >= 0.6 is 15.9 Å². The van der Waals surface area contributed by atoms with Gasteiger partial charge in [0.05, 0.1) is 17.3 Å². The number of aryl methyl sites for hydroxylation is 1. The zero-order chi connectivity index (χ0) is 24.3. The fraction of sp³-hybridized carbons (Fsp3) is 0.250. The fourth-order valence-electron chi connectivity index (χ4n) is 5.14. The monoisotopic (exact) mass is 530 g/mol. The normalized spacial score (nSPS) is 24.5. The number of ether oxygens (including phenoxy) is 2. The summed E-state index contributed by atoms with van der Waals surface area (Å²) in [4.78, 5) is 26.7. The van der Waals surface area contributed by atoms with Crippen molar-refractivity contribution in [1.29, 1.82) is 0 Å². The first-order valence-corrected chi connectivity index (χ1v) is 12.4. The Morgan fingerprint density at radius 2 is 1.86 bits per heavy atom. The van der Waals surface area contributed by atoms with Gasteiger partial charge in [-0.1, -0.05) is 64.0 Å². The largest absolute Gasteiger partial charge is 0.459 e. The summed E-state index contributed by atoms with van der Waals surface area (Å²) in [6.45, 7) is 3.77. The van der Waals surface area contributed by atoms with Crippen molar-refractivity contribution in [2.45, 2.75) is 44.6 Å². The number of esters is 1. The number of benzene rings is 3. The van der Waals surface area contributed by atoms with E-state index in [1.54, 1.807) is 24.1 Å². The highest BCUT2D eigenvalue weighted by Gasteiger charge is 2.55. The van der Waals surface area contributed by atoms with Crippen LogP contribution in [0.15, 0.2) is 76.3 Å². The molecular formula is C28H23BrN2O4. The molecule has 0 radical (unpaired) electrons. The number of Topliss-reactive ketones (excluding diaryl/α,β-unsaturated/α-hetero) is 1. The molecule has 176 valence electrons. The highest BCUT2D eigenvalue weighted by Crippen LogP contribution is 2.48. The van der Waals surface area contributed by atoms with Gasteiger partial charge in [-0.2, -0.15) is 5.10 Å². The van der Waals surface area contributed by atoms with Crippen LogP contribution in [0.3, 0.4) is 0 Å². The molecule has 0 aliphatic carbocycles. The maximum absolute atomic E-state index is 14.0. The van der Waals surface area contributed by atoms with Crippen molar-refractivity contribution in [2.24, 2.45) is 5.10 Å². The van der Waals surface area contributed by atoms with Crippen LogP contribution in [0.4, 0.5) is 0 Å². The smallest absolute Gasteiger partial charge is 0.339 e. The maximum atomic E-state index is 14.0. The van der Waals surface area contributed by atoms with Crippen LogP contribution in [0.5, 0.6) is 5.75 Å². The second kappa shape index (κ2) is 8.05. The third kappa shape index (κ3) is 3.57. The summed E-state index contributed by atoms with van der Waals surface area (Å²) >= 11 is 3.56. The molecule has 0 saturated heterocycles. The first-order valence-electron chi connectivity index (χ1n) is 11.6. The minimum absolute atomic E-state index is 0.187. The van der Waals surface area contributed by atoms with Gasteiger partial charge < -0.3 is 9.47 Å². The van der Waals surface area contributed by atoms with Crippen molar-refractivity contribution < 1.29 is 19.1 Å². The molecule has 3 unspecified atom stereocenters. The van der Waals surface area contributed by atoms with E-state index >= 15 is 0 Å². The SMILES string of the molecule is Cc1ccc(C2=NN3C(C2)c2cc(Br)ccc2OC3(C)C(=O)C2Cc3ccccc3C(=O)O2)cc1. The number of ketones is 1. The number of fused-ring (bicyclic) bond motifs is 4. The van der Waals surface area contributed by atoms with Crippen LogP contribution in [-0.4, -0.2) is 34.3 Å². The highest BCUT2D eigenvalue weighted by atomic mass is 79.9. The number of hydrogen-bond donors (Lipinski definition) is 0. The Morgan fingerprint density at radius 3 is 2.66 bits per heavy atom. The van der Waals surface area contributed by atoms with Gasteiger partial charge in [-0.25, -0.2) is 9.80 Å². The maximum Gasteiger partial charge on any atom is 0.339 e. The van der Waals surface area contributed by atoms with E-state index in [1.807, 2.05) is 49.4 Å². The highest BCUT2D eigenvalue weighted by molar-refractivity contribution is 9.10. The molecule has 0 N–H and O–H groups in total. The molecule has 6 nitrogen and oxygen atoms in total. The summed E-state index contributed by atoms with van der Waals surface area (Å²) in [6, 6.07) is 21.0. The molecule has 3 heterocycles. The lowest BCUT2D eigenvalue weighted by molar-refractivity contribution is -0.168. The predicted octanol–water partition coefficient (Wildman–Crippen LogP) is 5.37. The summed E-state index contributed by atoms with van der Waals surface area (Å²) < 4.78 is 12.9. The van der Waals surface area contributed by atoms with Crippen LogP contribution in [0.2, 0.25) is 0 Å². The molecule has 3 aromatic carbocycles. The molecule has 3 aliphatic rings. The molecule has 0 aromatic heterocycles. The number of hydrogen-bond acceptors (Lipinski definition) is 6. The number of nitrogens with zero attached hydrogens (tertiary/aromatic N) is 2. The standard InChI is InChI=1S/C28H23BrN2O4/c1-16-7-9-17(10-8-16)22-15-23-21-14-19(29)11-12-24(21)35-28(2,31(23)30-22)26(32)25-13-18-5-3-4-6-20(18)27(33)34-25/h3-12,14,23,25H,13,15H2,1-2H3. The third-order valence-electron chi connectivity index (χ3n) is 7.01. The molecule has 3 aliphatic heterocycles. The van der Waals surface area contributed by atoms with E-state index in [2.05, 4.69) is 28.1 Å².